The number of nitrogens with one attached hydrogen (secondary N) is 2. The smallest absolute Gasteiger partial charge is 0.355 e. The van der Waals surface area contributed by atoms with Crippen molar-refractivity contribution in [2.24, 2.45) is 0 Å². The van der Waals surface area contributed by atoms with Crippen molar-refractivity contribution in [3.05, 3.63) is 45.0 Å². The molecule has 0 fully saturated rings. The highest BCUT2D eigenvalue weighted by atomic mass is 16.5. The number of hydrogen-bond acceptors (Lipinski definition) is 8. The predicted octanol–water partition coefficient (Wildman–Crippen LogP) is 3.45. The summed E-state index contributed by atoms with van der Waals surface area (Å²) < 4.78 is 20.5. The van der Waals surface area contributed by atoms with Gasteiger partial charge in [0.25, 0.3) is 0 Å². The van der Waals surface area contributed by atoms with E-state index < -0.39 is 23.9 Å². The lowest BCUT2D eigenvalue weighted by atomic mass is 10.0. The molecule has 0 bridgehead atoms. The molecule has 0 saturated carbocycles. The lowest BCUT2D eigenvalue weighted by molar-refractivity contribution is 0.0505. The number of aromatic amines is 2. The molecule has 0 spiro atoms. The fourth-order valence-corrected chi connectivity index (χ4v) is 3.72. The van der Waals surface area contributed by atoms with Crippen LogP contribution >= 0.6 is 0 Å². The monoisotopic (exact) mass is 476 g/mol. The second kappa shape index (κ2) is 12.1. The number of aromatic nitrogens is 2. The highest BCUT2D eigenvalue weighted by molar-refractivity contribution is 5.99. The van der Waals surface area contributed by atoms with Gasteiger partial charge in [-0.25, -0.2) is 19.2 Å². The van der Waals surface area contributed by atoms with E-state index in [1.165, 1.54) is 0 Å². The van der Waals surface area contributed by atoms with Crippen LogP contribution in [0.3, 0.4) is 0 Å². The molecule has 186 valence electrons. The third-order valence-electron chi connectivity index (χ3n) is 5.20. The fourth-order valence-electron chi connectivity index (χ4n) is 3.72. The molecule has 10 nitrogen and oxygen atoms in total. The minimum atomic E-state index is -0.579. The number of hydrogen-bond donors (Lipinski definition) is 2. The van der Waals surface area contributed by atoms with E-state index in [4.69, 9.17) is 18.9 Å². The van der Waals surface area contributed by atoms with E-state index >= 15 is 0 Å². The van der Waals surface area contributed by atoms with Gasteiger partial charge in [-0.05, 0) is 65.5 Å². The summed E-state index contributed by atoms with van der Waals surface area (Å²) in [6, 6.07) is 0. The Labute approximate surface area is 198 Å². The highest BCUT2D eigenvalue weighted by Gasteiger charge is 2.28. The third kappa shape index (κ3) is 5.67. The molecule has 2 aromatic rings. The molecular formula is C24H32N2O8. The Bertz CT molecular complexity index is 979. The number of rotatable bonds is 11. The molecule has 0 aliphatic heterocycles. The molecule has 0 atom stereocenters. The fraction of sp³-hybridized carbons (Fsp3) is 0.500. The number of esters is 4. The molecule has 34 heavy (non-hydrogen) atoms. The van der Waals surface area contributed by atoms with Crippen molar-refractivity contribution in [2.45, 2.75) is 54.4 Å². The normalized spacial score (nSPS) is 10.6. The Morgan fingerprint density at radius 1 is 0.559 bits per heavy atom. The number of aryl methyl sites for hydroxylation is 2. The molecule has 0 radical (unpaired) electrons. The van der Waals surface area contributed by atoms with Crippen LogP contribution in [0.2, 0.25) is 0 Å². The van der Waals surface area contributed by atoms with Gasteiger partial charge < -0.3 is 28.9 Å². The number of carbonyl (C=O) groups is 4. The molecule has 2 rings (SSSR count). The molecule has 0 aliphatic carbocycles. The molecular weight excluding hydrogens is 444 g/mol. The van der Waals surface area contributed by atoms with Gasteiger partial charge in [0.1, 0.15) is 11.4 Å². The van der Waals surface area contributed by atoms with Gasteiger partial charge in [0.05, 0.1) is 37.6 Å². The Hall–Kier alpha value is -3.56. The maximum Gasteiger partial charge on any atom is 0.355 e. The van der Waals surface area contributed by atoms with Crippen molar-refractivity contribution in [3.8, 4) is 0 Å². The van der Waals surface area contributed by atoms with E-state index in [9.17, 15) is 19.2 Å². The van der Waals surface area contributed by atoms with Gasteiger partial charge in [-0.3, -0.25) is 0 Å². The average molecular weight is 477 g/mol. The summed E-state index contributed by atoms with van der Waals surface area (Å²) in [5.74, 6) is -2.29. The van der Waals surface area contributed by atoms with E-state index in [0.29, 0.717) is 22.5 Å². The van der Waals surface area contributed by atoms with Crippen LogP contribution in [0.4, 0.5) is 0 Å². The van der Waals surface area contributed by atoms with E-state index in [1.54, 1.807) is 41.5 Å². The molecule has 10 heteroatoms. The van der Waals surface area contributed by atoms with Gasteiger partial charge in [0.15, 0.2) is 0 Å². The van der Waals surface area contributed by atoms with Crippen molar-refractivity contribution in [1.82, 2.24) is 9.97 Å². The van der Waals surface area contributed by atoms with Crippen LogP contribution in [0.15, 0.2) is 0 Å². The Morgan fingerprint density at radius 2 is 0.853 bits per heavy atom. The first-order valence-corrected chi connectivity index (χ1v) is 11.3. The Morgan fingerprint density at radius 3 is 1.15 bits per heavy atom. The Balaban J connectivity index is 2.48. The zero-order valence-electron chi connectivity index (χ0n) is 20.5. The first-order chi connectivity index (χ1) is 16.2. The maximum absolute atomic E-state index is 12.6. The van der Waals surface area contributed by atoms with Crippen LogP contribution in [0, 0.1) is 13.8 Å². The molecule has 0 aliphatic rings. The predicted molar refractivity (Wildman–Crippen MR) is 122 cm³/mol. The Kier molecular flexibility index (Phi) is 9.47. The van der Waals surface area contributed by atoms with Crippen LogP contribution in [0.25, 0.3) is 0 Å². The van der Waals surface area contributed by atoms with Crippen LogP contribution in [-0.2, 0) is 31.8 Å². The summed E-state index contributed by atoms with van der Waals surface area (Å²) >= 11 is 0. The second-order valence-electron chi connectivity index (χ2n) is 7.34. The van der Waals surface area contributed by atoms with Crippen LogP contribution in [0.5, 0.6) is 0 Å². The first-order valence-electron chi connectivity index (χ1n) is 11.3. The zero-order chi connectivity index (χ0) is 25.4. The van der Waals surface area contributed by atoms with Crippen LogP contribution < -0.4 is 0 Å². The minimum Gasteiger partial charge on any atom is -0.462 e. The summed E-state index contributed by atoms with van der Waals surface area (Å²) in [5, 5.41) is 0. The van der Waals surface area contributed by atoms with Crippen LogP contribution in [0.1, 0.15) is 91.9 Å². The van der Waals surface area contributed by atoms with Gasteiger partial charge in [0, 0.05) is 11.4 Å². The zero-order valence-corrected chi connectivity index (χ0v) is 20.5. The number of H-pyrrole nitrogens is 2. The first kappa shape index (κ1) is 26.7. The van der Waals surface area contributed by atoms with E-state index in [1.807, 2.05) is 0 Å². The topological polar surface area (TPSA) is 137 Å². The van der Waals surface area contributed by atoms with Crippen molar-refractivity contribution in [3.63, 3.8) is 0 Å². The molecule has 0 amide bonds. The number of ether oxygens (including phenoxy) is 4. The summed E-state index contributed by atoms with van der Waals surface area (Å²) in [6.45, 7) is 10.7. The summed E-state index contributed by atoms with van der Waals surface area (Å²) in [5.41, 5.74) is 2.59. The average Bonchev–Trinajstić information content (AvgIpc) is 3.29. The quantitative estimate of drug-likeness (QED) is 0.372. The minimum absolute atomic E-state index is 0.167. The summed E-state index contributed by atoms with van der Waals surface area (Å²) in [6.07, 6.45) is 0.478. The van der Waals surface area contributed by atoms with Crippen LogP contribution in [-0.4, -0.2) is 60.3 Å². The molecule has 0 unspecified atom stereocenters. The van der Waals surface area contributed by atoms with Crippen molar-refractivity contribution < 1.29 is 38.1 Å². The van der Waals surface area contributed by atoms with Crippen molar-refractivity contribution >= 4 is 23.9 Å². The lowest BCUT2D eigenvalue weighted by Gasteiger charge is -2.07. The molecule has 2 N–H and O–H groups in total. The molecule has 0 saturated heterocycles. The summed E-state index contributed by atoms with van der Waals surface area (Å²) in [4.78, 5) is 56.0. The highest BCUT2D eigenvalue weighted by Crippen LogP contribution is 2.25. The third-order valence-corrected chi connectivity index (χ3v) is 5.20. The SMILES string of the molecule is CCOC(=O)c1[nH]c(CCc2[nH]c(C(=O)OCC)c(C)c2C(=O)OCC)c(C(=O)OCC)c1C. The van der Waals surface area contributed by atoms with Gasteiger partial charge in [0.2, 0.25) is 0 Å². The lowest BCUT2D eigenvalue weighted by Crippen LogP contribution is -2.11. The van der Waals surface area contributed by atoms with Gasteiger partial charge >= 0.3 is 23.9 Å². The molecule has 2 heterocycles. The largest absolute Gasteiger partial charge is 0.462 e. The standard InChI is InChI=1S/C24H32N2O8/c1-7-31-21(27)17-13(5)19(23(29)33-9-3)25-15(17)11-12-16-18(22(28)32-8-2)14(6)20(26-16)24(30)34-10-4/h25-26H,7-12H2,1-6H3. The van der Waals surface area contributed by atoms with Gasteiger partial charge in [-0.2, -0.15) is 0 Å². The summed E-state index contributed by atoms with van der Waals surface area (Å²) in [7, 11) is 0. The van der Waals surface area contributed by atoms with E-state index in [-0.39, 0.29) is 61.8 Å². The van der Waals surface area contributed by atoms with E-state index in [0.717, 1.165) is 0 Å². The number of carbonyl (C=O) groups excluding carboxylic acids is 4. The second-order valence-corrected chi connectivity index (χ2v) is 7.34. The maximum atomic E-state index is 12.6. The van der Waals surface area contributed by atoms with Crippen molar-refractivity contribution in [2.75, 3.05) is 26.4 Å². The molecule has 0 aromatic carbocycles. The van der Waals surface area contributed by atoms with E-state index in [2.05, 4.69) is 9.97 Å². The van der Waals surface area contributed by atoms with Gasteiger partial charge in [-0.15, -0.1) is 0 Å². The molecule has 2 aromatic heterocycles. The van der Waals surface area contributed by atoms with Gasteiger partial charge in [-0.1, -0.05) is 0 Å². The van der Waals surface area contributed by atoms with Crippen molar-refractivity contribution in [1.29, 1.82) is 0 Å².